The lowest BCUT2D eigenvalue weighted by molar-refractivity contribution is -0.117. The Balaban J connectivity index is 2.50. The van der Waals surface area contributed by atoms with Crippen molar-refractivity contribution in [1.82, 2.24) is 4.98 Å². The van der Waals surface area contributed by atoms with Crippen LogP contribution in [-0.2, 0) is 26.6 Å². The number of carbonyl (C=O) groups excluding carboxylic acids is 1. The van der Waals surface area contributed by atoms with Gasteiger partial charge in [-0.1, -0.05) is 27.7 Å². The lowest BCUT2D eigenvalue weighted by Crippen LogP contribution is -2.18. The van der Waals surface area contributed by atoms with E-state index in [9.17, 15) is 18.7 Å². The fourth-order valence-corrected chi connectivity index (χ4v) is 5.33. The van der Waals surface area contributed by atoms with E-state index in [2.05, 4.69) is 9.35 Å². The van der Waals surface area contributed by atoms with Gasteiger partial charge in [0.25, 0.3) is 5.91 Å². The second-order valence-corrected chi connectivity index (χ2v) is 11.2. The topological polar surface area (TPSA) is 112 Å². The SMILES string of the molecule is CC(C)c1cc(F)c(F)c(C(C)C)c1CC(=O)N=S(=N)(N)c1nc(C(C)(C)O)cs1. The summed E-state index contributed by atoms with van der Waals surface area (Å²) >= 11 is 1.05. The van der Waals surface area contributed by atoms with E-state index >= 15 is 0 Å². The van der Waals surface area contributed by atoms with Crippen molar-refractivity contribution in [2.24, 2.45) is 9.50 Å². The van der Waals surface area contributed by atoms with Gasteiger partial charge in [-0.3, -0.25) is 14.7 Å². The zero-order valence-electron chi connectivity index (χ0n) is 17.9. The molecule has 1 aromatic carbocycles. The maximum Gasteiger partial charge on any atom is 0.258 e. The maximum absolute atomic E-state index is 14.5. The molecule has 0 saturated carbocycles. The largest absolute Gasteiger partial charge is 0.384 e. The fraction of sp³-hybridized carbons (Fsp3) is 0.500. The zero-order valence-corrected chi connectivity index (χ0v) is 19.5. The molecule has 30 heavy (non-hydrogen) atoms. The Bertz CT molecular complexity index is 1080. The van der Waals surface area contributed by atoms with Crippen molar-refractivity contribution >= 4 is 27.1 Å². The Hall–Kier alpha value is -1.75. The Kier molecular flexibility index (Phi) is 7.17. The molecule has 0 bridgehead atoms. The monoisotopic (exact) mass is 458 g/mol. The normalized spacial score (nSPS) is 14.3. The quantitative estimate of drug-likeness (QED) is 0.565. The molecule has 0 aliphatic heterocycles. The first-order valence-corrected chi connectivity index (χ1v) is 12.0. The van der Waals surface area contributed by atoms with Gasteiger partial charge in [0.2, 0.25) is 0 Å². The van der Waals surface area contributed by atoms with Crippen LogP contribution in [0, 0.1) is 16.4 Å². The Morgan fingerprint density at radius 3 is 2.40 bits per heavy atom. The van der Waals surface area contributed by atoms with Crippen molar-refractivity contribution in [3.63, 3.8) is 0 Å². The number of carbonyl (C=O) groups is 1. The third kappa shape index (κ3) is 5.29. The van der Waals surface area contributed by atoms with Crippen LogP contribution in [0.3, 0.4) is 0 Å². The molecule has 1 amide bonds. The number of hydrogen-bond acceptors (Lipinski definition) is 5. The lowest BCUT2D eigenvalue weighted by Gasteiger charge is -2.20. The van der Waals surface area contributed by atoms with Crippen LogP contribution in [-0.4, -0.2) is 16.0 Å². The highest BCUT2D eigenvalue weighted by molar-refractivity contribution is 7.94. The lowest BCUT2D eigenvalue weighted by atomic mass is 9.86. The highest BCUT2D eigenvalue weighted by Crippen LogP contribution is 2.33. The number of rotatable bonds is 6. The minimum atomic E-state index is -3.15. The number of nitrogens with zero attached hydrogens (tertiary/aromatic N) is 2. The summed E-state index contributed by atoms with van der Waals surface area (Å²) in [5.74, 6) is -3.10. The minimum absolute atomic E-state index is 0.131. The Morgan fingerprint density at radius 2 is 1.93 bits per heavy atom. The molecule has 0 aliphatic rings. The van der Waals surface area contributed by atoms with Crippen molar-refractivity contribution in [3.8, 4) is 0 Å². The summed E-state index contributed by atoms with van der Waals surface area (Å²) in [6, 6.07) is 1.12. The van der Waals surface area contributed by atoms with E-state index in [0.29, 0.717) is 16.8 Å². The van der Waals surface area contributed by atoms with Crippen molar-refractivity contribution in [3.05, 3.63) is 45.5 Å². The first kappa shape index (κ1) is 24.5. The molecule has 2 aromatic rings. The smallest absolute Gasteiger partial charge is 0.258 e. The first-order valence-electron chi connectivity index (χ1n) is 9.45. The van der Waals surface area contributed by atoms with Crippen molar-refractivity contribution < 1.29 is 18.7 Å². The summed E-state index contributed by atoms with van der Waals surface area (Å²) in [6.07, 6.45) is -0.285. The number of halogens is 2. The number of nitrogens with one attached hydrogen (secondary N) is 1. The molecule has 10 heteroatoms. The highest BCUT2D eigenvalue weighted by Gasteiger charge is 2.25. The molecule has 0 fully saturated rings. The van der Waals surface area contributed by atoms with Crippen LogP contribution in [0.2, 0.25) is 0 Å². The number of aliphatic hydroxyl groups is 1. The van der Waals surface area contributed by atoms with Gasteiger partial charge >= 0.3 is 0 Å². The van der Waals surface area contributed by atoms with Gasteiger partial charge in [0.15, 0.2) is 16.0 Å². The second kappa shape index (κ2) is 8.78. The summed E-state index contributed by atoms with van der Waals surface area (Å²) in [5.41, 5.74) is 0.188. The maximum atomic E-state index is 14.5. The van der Waals surface area contributed by atoms with Crippen LogP contribution in [0.25, 0.3) is 0 Å². The molecule has 1 heterocycles. The highest BCUT2D eigenvalue weighted by atomic mass is 32.2. The van der Waals surface area contributed by atoms with Gasteiger partial charge in [-0.15, -0.1) is 11.3 Å². The predicted octanol–water partition coefficient (Wildman–Crippen LogP) is 5.00. The van der Waals surface area contributed by atoms with Crippen LogP contribution in [0.1, 0.15) is 75.8 Å². The second-order valence-electron chi connectivity index (χ2n) is 8.31. The van der Waals surface area contributed by atoms with E-state index in [1.807, 2.05) is 13.8 Å². The average molecular weight is 459 g/mol. The van der Waals surface area contributed by atoms with E-state index < -0.39 is 32.9 Å². The van der Waals surface area contributed by atoms with Crippen LogP contribution >= 0.6 is 11.3 Å². The fourth-order valence-electron chi connectivity index (χ4n) is 3.08. The summed E-state index contributed by atoms with van der Waals surface area (Å²) < 4.78 is 41.0. The standard InChI is InChI=1S/C20H28F2N4O2S2/c1-10(2)12-7-14(21)18(22)17(11(3)4)13(12)8-16(27)26-30(23,24)19-25-15(9-29-19)20(5,6)28/h7,9-11,28H,8H2,1-6H3,(H3,23,24,26,27). The van der Waals surface area contributed by atoms with Crippen molar-refractivity contribution in [1.29, 1.82) is 4.78 Å². The molecular formula is C20H28F2N4O2S2. The molecule has 0 saturated heterocycles. The van der Waals surface area contributed by atoms with E-state index in [1.165, 1.54) is 0 Å². The van der Waals surface area contributed by atoms with Crippen LogP contribution in [0.5, 0.6) is 0 Å². The third-order valence-corrected chi connectivity index (χ3v) is 7.35. The number of benzene rings is 1. The van der Waals surface area contributed by atoms with E-state index in [4.69, 9.17) is 9.92 Å². The molecule has 1 aromatic heterocycles. The predicted molar refractivity (Wildman–Crippen MR) is 116 cm³/mol. The Labute approximate surface area is 180 Å². The number of hydrogen-bond donors (Lipinski definition) is 3. The van der Waals surface area contributed by atoms with Gasteiger partial charge < -0.3 is 5.11 Å². The van der Waals surface area contributed by atoms with Gasteiger partial charge in [-0.25, -0.2) is 13.8 Å². The number of amides is 1. The van der Waals surface area contributed by atoms with Crippen LogP contribution in [0.4, 0.5) is 8.78 Å². The minimum Gasteiger partial charge on any atom is -0.384 e. The summed E-state index contributed by atoms with van der Waals surface area (Å²) in [6.45, 7) is 10.2. The van der Waals surface area contributed by atoms with E-state index in [0.717, 1.165) is 17.4 Å². The van der Waals surface area contributed by atoms with Gasteiger partial charge in [0, 0.05) is 5.38 Å². The van der Waals surface area contributed by atoms with E-state index in [-0.39, 0.29) is 28.2 Å². The molecule has 0 aliphatic carbocycles. The zero-order chi connectivity index (χ0) is 23.0. The first-order chi connectivity index (χ1) is 13.6. The average Bonchev–Trinajstić information content (AvgIpc) is 3.08. The van der Waals surface area contributed by atoms with Gasteiger partial charge in [-0.05, 0) is 48.4 Å². The van der Waals surface area contributed by atoms with Gasteiger partial charge in [-0.2, -0.15) is 4.36 Å². The molecule has 1 atom stereocenters. The summed E-state index contributed by atoms with van der Waals surface area (Å²) in [4.78, 5) is 16.9. The van der Waals surface area contributed by atoms with Crippen molar-refractivity contribution in [2.75, 3.05) is 0 Å². The van der Waals surface area contributed by atoms with Crippen molar-refractivity contribution in [2.45, 2.75) is 69.7 Å². The molecule has 166 valence electrons. The number of thiazole rings is 1. The molecular weight excluding hydrogens is 430 g/mol. The molecule has 4 N–H and O–H groups in total. The summed E-state index contributed by atoms with van der Waals surface area (Å²) in [7, 11) is -3.15. The molecule has 0 spiro atoms. The molecule has 6 nitrogen and oxygen atoms in total. The molecule has 1 unspecified atom stereocenters. The third-order valence-electron chi connectivity index (χ3n) is 4.55. The number of nitrogens with two attached hydrogens (primary N) is 1. The van der Waals surface area contributed by atoms with Crippen LogP contribution < -0.4 is 5.14 Å². The van der Waals surface area contributed by atoms with E-state index in [1.54, 1.807) is 33.1 Å². The van der Waals surface area contributed by atoms with Gasteiger partial charge in [0.05, 0.1) is 21.9 Å². The Morgan fingerprint density at radius 1 is 1.33 bits per heavy atom. The summed E-state index contributed by atoms with van der Waals surface area (Å²) in [5, 5.41) is 17.6. The van der Waals surface area contributed by atoms with Gasteiger partial charge in [0.1, 0.15) is 5.60 Å². The van der Waals surface area contributed by atoms with Crippen LogP contribution in [0.15, 0.2) is 20.1 Å². The molecule has 2 rings (SSSR count). The molecule has 0 radical (unpaired) electrons. The number of aromatic nitrogens is 1.